The summed E-state index contributed by atoms with van der Waals surface area (Å²) in [5.74, 6) is -2.03. The summed E-state index contributed by atoms with van der Waals surface area (Å²) < 4.78 is 26.3. The Bertz CT molecular complexity index is 663. The van der Waals surface area contributed by atoms with Crippen LogP contribution in [0.2, 0.25) is 0 Å². The zero-order chi connectivity index (χ0) is 13.8. The minimum Gasteiger partial charge on any atom is -0.319 e. The first kappa shape index (κ1) is 12.6. The van der Waals surface area contributed by atoms with Gasteiger partial charge in [-0.15, -0.1) is 0 Å². The Kier molecular flexibility index (Phi) is 3.48. The van der Waals surface area contributed by atoms with E-state index in [1.807, 2.05) is 0 Å². The van der Waals surface area contributed by atoms with Gasteiger partial charge in [0, 0.05) is 12.3 Å². The lowest BCUT2D eigenvalue weighted by atomic mass is 10.2. The molecule has 1 aromatic heterocycles. The molecule has 0 spiro atoms. The Balaban J connectivity index is 2.21. The number of nitrogens with one attached hydrogen (secondary N) is 1. The van der Waals surface area contributed by atoms with E-state index in [0.717, 1.165) is 18.2 Å². The number of carbonyl (C=O) groups excluding carboxylic acids is 1. The predicted octanol–water partition coefficient (Wildman–Crippen LogP) is 2.48. The van der Waals surface area contributed by atoms with Crippen LogP contribution in [0.25, 0.3) is 0 Å². The number of nitriles is 1. The monoisotopic (exact) mass is 259 g/mol. The molecule has 0 saturated heterocycles. The first-order valence-electron chi connectivity index (χ1n) is 5.22. The van der Waals surface area contributed by atoms with E-state index in [0.29, 0.717) is 0 Å². The van der Waals surface area contributed by atoms with E-state index in [1.54, 1.807) is 6.07 Å². The quantitative estimate of drug-likeness (QED) is 0.901. The van der Waals surface area contributed by atoms with Gasteiger partial charge in [-0.05, 0) is 24.3 Å². The summed E-state index contributed by atoms with van der Waals surface area (Å²) in [7, 11) is 0. The van der Waals surface area contributed by atoms with Crippen LogP contribution in [0.3, 0.4) is 0 Å². The van der Waals surface area contributed by atoms with E-state index in [9.17, 15) is 13.6 Å². The summed E-state index contributed by atoms with van der Waals surface area (Å²) in [4.78, 5) is 15.5. The highest BCUT2D eigenvalue weighted by Gasteiger charge is 2.10. The zero-order valence-corrected chi connectivity index (χ0v) is 9.52. The van der Waals surface area contributed by atoms with Crippen LogP contribution >= 0.6 is 0 Å². The summed E-state index contributed by atoms with van der Waals surface area (Å²) in [5, 5.41) is 10.8. The molecule has 1 N–H and O–H groups in total. The smallest absolute Gasteiger partial charge is 0.257 e. The molecule has 0 unspecified atom stereocenters. The number of amides is 1. The molecule has 0 saturated carbocycles. The second-order valence-electron chi connectivity index (χ2n) is 3.62. The maximum absolute atomic E-state index is 13.3. The predicted molar refractivity (Wildman–Crippen MR) is 63.3 cm³/mol. The van der Waals surface area contributed by atoms with Gasteiger partial charge in [0.05, 0.1) is 11.3 Å². The summed E-state index contributed by atoms with van der Waals surface area (Å²) in [5.41, 5.74) is 0.0468. The number of halogens is 2. The van der Waals surface area contributed by atoms with Crippen molar-refractivity contribution >= 4 is 11.6 Å². The molecule has 0 atom stereocenters. The summed E-state index contributed by atoms with van der Waals surface area (Å²) in [6.45, 7) is 0. The maximum atomic E-state index is 13.3. The van der Waals surface area contributed by atoms with Crippen LogP contribution in [-0.4, -0.2) is 10.9 Å². The number of carbonyl (C=O) groups is 1. The van der Waals surface area contributed by atoms with Gasteiger partial charge in [-0.25, -0.2) is 13.8 Å². The van der Waals surface area contributed by atoms with Gasteiger partial charge in [0.1, 0.15) is 23.4 Å². The molecular formula is C13H7F2N3O. The van der Waals surface area contributed by atoms with Gasteiger partial charge >= 0.3 is 0 Å². The van der Waals surface area contributed by atoms with Gasteiger partial charge in [0.2, 0.25) is 0 Å². The number of anilines is 1. The SMILES string of the molecule is N#Cc1ccc(C(=O)Nc2cc(F)ccc2F)cn1. The average Bonchev–Trinajstić information content (AvgIpc) is 2.43. The Hall–Kier alpha value is -2.81. The Labute approximate surface area is 107 Å². The van der Waals surface area contributed by atoms with E-state index >= 15 is 0 Å². The molecule has 0 bridgehead atoms. The third-order valence-corrected chi connectivity index (χ3v) is 2.32. The molecule has 0 radical (unpaired) electrons. The largest absolute Gasteiger partial charge is 0.319 e. The van der Waals surface area contributed by atoms with E-state index in [-0.39, 0.29) is 16.9 Å². The van der Waals surface area contributed by atoms with Gasteiger partial charge in [-0.1, -0.05) is 0 Å². The van der Waals surface area contributed by atoms with Crippen molar-refractivity contribution in [3.05, 3.63) is 59.4 Å². The molecule has 19 heavy (non-hydrogen) atoms. The highest BCUT2D eigenvalue weighted by molar-refractivity contribution is 6.04. The normalized spacial score (nSPS) is 9.74. The third kappa shape index (κ3) is 2.90. The number of hydrogen-bond donors (Lipinski definition) is 1. The third-order valence-electron chi connectivity index (χ3n) is 2.32. The van der Waals surface area contributed by atoms with Gasteiger partial charge in [0.15, 0.2) is 0 Å². The molecule has 0 aliphatic carbocycles. The lowest BCUT2D eigenvalue weighted by molar-refractivity contribution is 0.102. The lowest BCUT2D eigenvalue weighted by Crippen LogP contribution is -2.13. The number of rotatable bonds is 2. The van der Waals surface area contributed by atoms with Gasteiger partial charge in [-0.2, -0.15) is 5.26 Å². The molecule has 2 rings (SSSR count). The van der Waals surface area contributed by atoms with Crippen LogP contribution in [0.5, 0.6) is 0 Å². The second kappa shape index (κ2) is 5.23. The molecule has 1 amide bonds. The molecule has 6 heteroatoms. The molecular weight excluding hydrogens is 252 g/mol. The van der Waals surface area contributed by atoms with Crippen LogP contribution in [-0.2, 0) is 0 Å². The highest BCUT2D eigenvalue weighted by atomic mass is 19.1. The standard InChI is InChI=1S/C13H7F2N3O/c14-9-2-4-11(15)12(5-9)18-13(19)8-1-3-10(6-16)17-7-8/h1-5,7H,(H,18,19). The molecule has 0 fully saturated rings. The molecule has 0 aliphatic heterocycles. The molecule has 2 aromatic rings. The van der Waals surface area contributed by atoms with Crippen LogP contribution in [0, 0.1) is 23.0 Å². The molecule has 94 valence electrons. The lowest BCUT2D eigenvalue weighted by Gasteiger charge is -2.06. The van der Waals surface area contributed by atoms with E-state index in [2.05, 4.69) is 10.3 Å². The van der Waals surface area contributed by atoms with Crippen LogP contribution in [0.15, 0.2) is 36.5 Å². The summed E-state index contributed by atoms with van der Waals surface area (Å²) >= 11 is 0. The van der Waals surface area contributed by atoms with Crippen molar-refractivity contribution in [3.63, 3.8) is 0 Å². The number of aromatic nitrogens is 1. The van der Waals surface area contributed by atoms with Crippen molar-refractivity contribution in [3.8, 4) is 6.07 Å². The van der Waals surface area contributed by atoms with Crippen molar-refractivity contribution < 1.29 is 13.6 Å². The van der Waals surface area contributed by atoms with Gasteiger partial charge < -0.3 is 5.32 Å². The minimum atomic E-state index is -0.739. The fourth-order valence-electron chi connectivity index (χ4n) is 1.38. The number of hydrogen-bond acceptors (Lipinski definition) is 3. The van der Waals surface area contributed by atoms with E-state index < -0.39 is 17.5 Å². The molecule has 1 aromatic carbocycles. The zero-order valence-electron chi connectivity index (χ0n) is 9.52. The summed E-state index contributed by atoms with van der Waals surface area (Å²) in [6, 6.07) is 7.29. The number of benzene rings is 1. The van der Waals surface area contributed by atoms with Crippen molar-refractivity contribution in [1.82, 2.24) is 4.98 Å². The highest BCUT2D eigenvalue weighted by Crippen LogP contribution is 2.16. The van der Waals surface area contributed by atoms with Gasteiger partial charge in [0.25, 0.3) is 5.91 Å². The fourth-order valence-corrected chi connectivity index (χ4v) is 1.38. The van der Waals surface area contributed by atoms with E-state index in [1.165, 1.54) is 18.3 Å². The van der Waals surface area contributed by atoms with Crippen molar-refractivity contribution in [1.29, 1.82) is 5.26 Å². The van der Waals surface area contributed by atoms with Gasteiger partial charge in [-0.3, -0.25) is 4.79 Å². The van der Waals surface area contributed by atoms with E-state index in [4.69, 9.17) is 5.26 Å². The molecule has 1 heterocycles. The van der Waals surface area contributed by atoms with Crippen LogP contribution < -0.4 is 5.32 Å². The van der Waals surface area contributed by atoms with Crippen molar-refractivity contribution in [2.45, 2.75) is 0 Å². The molecule has 0 aliphatic rings. The average molecular weight is 259 g/mol. The van der Waals surface area contributed by atoms with Crippen LogP contribution in [0.1, 0.15) is 16.1 Å². The first-order chi connectivity index (χ1) is 9.10. The number of pyridine rings is 1. The van der Waals surface area contributed by atoms with Crippen LogP contribution in [0.4, 0.5) is 14.5 Å². The number of nitrogens with zero attached hydrogens (tertiary/aromatic N) is 2. The Morgan fingerprint density at radius 2 is 2.05 bits per heavy atom. The van der Waals surface area contributed by atoms with Crippen molar-refractivity contribution in [2.24, 2.45) is 0 Å². The minimum absolute atomic E-state index is 0.141. The Morgan fingerprint density at radius 1 is 1.26 bits per heavy atom. The van der Waals surface area contributed by atoms with Crippen molar-refractivity contribution in [2.75, 3.05) is 5.32 Å². The fraction of sp³-hybridized carbons (Fsp3) is 0. The Morgan fingerprint density at radius 3 is 2.68 bits per heavy atom. The first-order valence-corrected chi connectivity index (χ1v) is 5.22. The topological polar surface area (TPSA) is 65.8 Å². The second-order valence-corrected chi connectivity index (χ2v) is 3.62. The summed E-state index contributed by atoms with van der Waals surface area (Å²) in [6.07, 6.45) is 1.19. The molecule has 4 nitrogen and oxygen atoms in total. The maximum Gasteiger partial charge on any atom is 0.257 e.